The van der Waals surface area contributed by atoms with Crippen molar-refractivity contribution in [3.8, 4) is 0 Å². The predicted molar refractivity (Wildman–Crippen MR) is 63.9 cm³/mol. The van der Waals surface area contributed by atoms with Crippen molar-refractivity contribution in [1.29, 1.82) is 0 Å². The third-order valence-corrected chi connectivity index (χ3v) is 3.07. The first-order valence-electron chi connectivity index (χ1n) is 5.63. The van der Waals surface area contributed by atoms with E-state index in [1.54, 1.807) is 0 Å². The molecule has 3 heteroatoms. The van der Waals surface area contributed by atoms with Gasteiger partial charge in [-0.05, 0) is 44.0 Å². The third-order valence-electron chi connectivity index (χ3n) is 3.07. The van der Waals surface area contributed by atoms with Gasteiger partial charge in [-0.25, -0.2) is 0 Å². The van der Waals surface area contributed by atoms with Crippen molar-refractivity contribution in [2.45, 2.75) is 25.4 Å². The van der Waals surface area contributed by atoms with E-state index in [2.05, 4.69) is 4.90 Å². The lowest BCUT2D eigenvalue weighted by Crippen LogP contribution is -2.46. The van der Waals surface area contributed by atoms with Crippen LogP contribution in [0.3, 0.4) is 0 Å². The van der Waals surface area contributed by atoms with Gasteiger partial charge in [0.25, 0.3) is 0 Å². The molecule has 0 bridgehead atoms. The molecule has 0 spiro atoms. The number of carbonyl (C=O) groups is 1. The maximum absolute atomic E-state index is 10.5. The first kappa shape index (κ1) is 11.1. The molecule has 0 amide bonds. The fourth-order valence-corrected chi connectivity index (χ4v) is 2.20. The van der Waals surface area contributed by atoms with Gasteiger partial charge in [0.05, 0.1) is 5.60 Å². The quantitative estimate of drug-likeness (QED) is 0.772. The Kier molecular flexibility index (Phi) is 2.97. The molecule has 1 fully saturated rings. The topological polar surface area (TPSA) is 40.5 Å². The van der Waals surface area contributed by atoms with Gasteiger partial charge in [-0.2, -0.15) is 0 Å². The Labute approximate surface area is 95.7 Å². The molecular formula is C13H17NO2. The highest BCUT2D eigenvalue weighted by Gasteiger charge is 2.28. The smallest absolute Gasteiger partial charge is 0.150 e. The lowest BCUT2D eigenvalue weighted by atomic mass is 9.95. The molecule has 2 rings (SSSR count). The highest BCUT2D eigenvalue weighted by atomic mass is 16.3. The first-order chi connectivity index (χ1) is 7.61. The number of piperidine rings is 1. The van der Waals surface area contributed by atoms with Crippen LogP contribution in [-0.4, -0.2) is 30.1 Å². The molecule has 1 heterocycles. The molecule has 86 valence electrons. The third kappa shape index (κ3) is 2.42. The summed E-state index contributed by atoms with van der Waals surface area (Å²) in [4.78, 5) is 12.7. The summed E-state index contributed by atoms with van der Waals surface area (Å²) < 4.78 is 0. The normalized spacial score (nSPS) is 25.5. The van der Waals surface area contributed by atoms with Crippen LogP contribution in [0.4, 0.5) is 5.69 Å². The van der Waals surface area contributed by atoms with Gasteiger partial charge in [-0.15, -0.1) is 0 Å². The maximum Gasteiger partial charge on any atom is 0.150 e. The number of anilines is 1. The second-order valence-corrected chi connectivity index (χ2v) is 4.73. The molecule has 1 unspecified atom stereocenters. The van der Waals surface area contributed by atoms with E-state index in [1.165, 1.54) is 0 Å². The summed E-state index contributed by atoms with van der Waals surface area (Å²) in [6.45, 7) is 3.50. The molecule has 1 aliphatic rings. The van der Waals surface area contributed by atoms with Crippen molar-refractivity contribution in [1.82, 2.24) is 0 Å². The number of nitrogens with zero attached hydrogens (tertiary/aromatic N) is 1. The van der Waals surface area contributed by atoms with E-state index in [0.29, 0.717) is 12.1 Å². The van der Waals surface area contributed by atoms with Gasteiger partial charge in [0.15, 0.2) is 0 Å². The average Bonchev–Trinajstić information content (AvgIpc) is 2.28. The zero-order valence-corrected chi connectivity index (χ0v) is 9.52. The lowest BCUT2D eigenvalue weighted by molar-refractivity contribution is 0.0449. The fraction of sp³-hybridized carbons (Fsp3) is 0.462. The van der Waals surface area contributed by atoms with Gasteiger partial charge in [0, 0.05) is 24.3 Å². The van der Waals surface area contributed by atoms with Crippen LogP contribution in [0.1, 0.15) is 30.1 Å². The Morgan fingerprint density at radius 1 is 1.38 bits per heavy atom. The van der Waals surface area contributed by atoms with Crippen molar-refractivity contribution >= 4 is 12.0 Å². The van der Waals surface area contributed by atoms with Crippen molar-refractivity contribution < 1.29 is 9.90 Å². The maximum atomic E-state index is 10.5. The lowest BCUT2D eigenvalue weighted by Gasteiger charge is -2.38. The average molecular weight is 219 g/mol. The summed E-state index contributed by atoms with van der Waals surface area (Å²) in [5.41, 5.74) is 1.17. The molecule has 0 aromatic heterocycles. The van der Waals surface area contributed by atoms with Crippen molar-refractivity contribution in [2.24, 2.45) is 0 Å². The number of carbonyl (C=O) groups excluding carboxylic acids is 1. The van der Waals surface area contributed by atoms with E-state index in [1.807, 2.05) is 31.2 Å². The largest absolute Gasteiger partial charge is 0.388 e. The minimum absolute atomic E-state index is 0.596. The minimum Gasteiger partial charge on any atom is -0.388 e. The summed E-state index contributed by atoms with van der Waals surface area (Å²) in [7, 11) is 0. The summed E-state index contributed by atoms with van der Waals surface area (Å²) >= 11 is 0. The molecule has 1 aliphatic heterocycles. The number of β-amino-alcohol motifs (C(OH)–C–C–N with tert-alkyl or cyclic N) is 1. The van der Waals surface area contributed by atoms with Crippen LogP contribution in [0, 0.1) is 0 Å². The van der Waals surface area contributed by atoms with Crippen LogP contribution in [0.2, 0.25) is 0 Å². The van der Waals surface area contributed by atoms with Crippen LogP contribution < -0.4 is 4.90 Å². The number of rotatable bonds is 2. The summed E-state index contributed by atoms with van der Waals surface area (Å²) in [5.74, 6) is 0. The second-order valence-electron chi connectivity index (χ2n) is 4.73. The fourth-order valence-electron chi connectivity index (χ4n) is 2.20. The van der Waals surface area contributed by atoms with Crippen molar-refractivity contribution in [2.75, 3.05) is 18.0 Å². The Morgan fingerprint density at radius 3 is 2.62 bits per heavy atom. The molecule has 3 nitrogen and oxygen atoms in total. The summed E-state index contributed by atoms with van der Waals surface area (Å²) in [6.07, 6.45) is 2.70. The first-order valence-corrected chi connectivity index (χ1v) is 5.63. The van der Waals surface area contributed by atoms with Crippen LogP contribution in [0.25, 0.3) is 0 Å². The Morgan fingerprint density at radius 2 is 2.06 bits per heavy atom. The van der Waals surface area contributed by atoms with Crippen molar-refractivity contribution in [3.63, 3.8) is 0 Å². The molecule has 0 radical (unpaired) electrons. The van der Waals surface area contributed by atoms with Gasteiger partial charge in [-0.1, -0.05) is 0 Å². The second kappa shape index (κ2) is 4.26. The van der Waals surface area contributed by atoms with Gasteiger partial charge in [-0.3, -0.25) is 4.79 Å². The standard InChI is InChI=1S/C13H17NO2/c1-13(16)7-2-8-14(10-13)12-5-3-11(9-15)4-6-12/h3-6,9,16H,2,7-8,10H2,1H3. The number of benzene rings is 1. The molecule has 1 aromatic rings. The minimum atomic E-state index is -0.596. The Bertz CT molecular complexity index is 370. The van der Waals surface area contributed by atoms with Crippen molar-refractivity contribution in [3.05, 3.63) is 29.8 Å². The number of aliphatic hydroxyl groups is 1. The van der Waals surface area contributed by atoms with Gasteiger partial charge >= 0.3 is 0 Å². The van der Waals surface area contributed by atoms with E-state index >= 15 is 0 Å². The van der Waals surface area contributed by atoms with E-state index in [-0.39, 0.29) is 0 Å². The molecule has 1 saturated heterocycles. The number of hydrogen-bond acceptors (Lipinski definition) is 3. The van der Waals surface area contributed by atoms with E-state index in [9.17, 15) is 9.90 Å². The van der Waals surface area contributed by atoms with Crippen LogP contribution in [0.5, 0.6) is 0 Å². The van der Waals surface area contributed by atoms with Crippen LogP contribution in [0.15, 0.2) is 24.3 Å². The van der Waals surface area contributed by atoms with E-state index in [4.69, 9.17) is 0 Å². The highest BCUT2D eigenvalue weighted by molar-refractivity contribution is 5.75. The van der Waals surface area contributed by atoms with Gasteiger partial charge in [0.2, 0.25) is 0 Å². The Balaban J connectivity index is 2.14. The molecule has 0 saturated carbocycles. The summed E-state index contributed by atoms with van der Waals surface area (Å²) in [5, 5.41) is 10.0. The van der Waals surface area contributed by atoms with Gasteiger partial charge in [0.1, 0.15) is 6.29 Å². The zero-order chi connectivity index (χ0) is 11.6. The highest BCUT2D eigenvalue weighted by Crippen LogP contribution is 2.25. The molecule has 0 aliphatic carbocycles. The van der Waals surface area contributed by atoms with Crippen LogP contribution in [-0.2, 0) is 0 Å². The Hall–Kier alpha value is -1.35. The summed E-state index contributed by atoms with van der Waals surface area (Å²) in [6, 6.07) is 7.49. The zero-order valence-electron chi connectivity index (χ0n) is 9.52. The molecule has 1 atom stereocenters. The number of hydrogen-bond donors (Lipinski definition) is 1. The van der Waals surface area contributed by atoms with Crippen LogP contribution >= 0.6 is 0 Å². The van der Waals surface area contributed by atoms with E-state index in [0.717, 1.165) is 31.4 Å². The monoisotopic (exact) mass is 219 g/mol. The van der Waals surface area contributed by atoms with E-state index < -0.39 is 5.60 Å². The predicted octanol–water partition coefficient (Wildman–Crippen LogP) is 1.85. The SMILES string of the molecule is CC1(O)CCCN(c2ccc(C=O)cc2)C1. The number of aldehydes is 1. The molecule has 16 heavy (non-hydrogen) atoms. The molecule has 1 N–H and O–H groups in total. The molecule has 1 aromatic carbocycles. The molecular weight excluding hydrogens is 202 g/mol. The van der Waals surface area contributed by atoms with Gasteiger partial charge < -0.3 is 10.0 Å².